The summed E-state index contributed by atoms with van der Waals surface area (Å²) in [6, 6.07) is 6.71. The SMILES string of the molecule is COc1ccc(C(=O)NCCS(=O)(=O)NC2CCCCCC2)cc1. The third-order valence-electron chi connectivity index (χ3n) is 4.21. The molecule has 1 aliphatic carbocycles. The molecule has 1 aromatic rings. The highest BCUT2D eigenvalue weighted by Gasteiger charge is 2.19. The van der Waals surface area contributed by atoms with Crippen LogP contribution in [0.3, 0.4) is 0 Å². The van der Waals surface area contributed by atoms with Crippen LogP contribution in [0.4, 0.5) is 0 Å². The zero-order valence-electron chi connectivity index (χ0n) is 14.1. The van der Waals surface area contributed by atoms with E-state index >= 15 is 0 Å². The first-order valence-corrected chi connectivity index (χ1v) is 10.1. The molecule has 6 nitrogen and oxygen atoms in total. The van der Waals surface area contributed by atoms with Gasteiger partial charge in [-0.25, -0.2) is 13.1 Å². The summed E-state index contributed by atoms with van der Waals surface area (Å²) >= 11 is 0. The van der Waals surface area contributed by atoms with E-state index < -0.39 is 10.0 Å². The van der Waals surface area contributed by atoms with E-state index in [0.29, 0.717) is 11.3 Å². The number of sulfonamides is 1. The number of hydrogen-bond acceptors (Lipinski definition) is 4. The van der Waals surface area contributed by atoms with Crippen molar-refractivity contribution in [2.45, 2.75) is 44.6 Å². The Morgan fingerprint density at radius 3 is 2.33 bits per heavy atom. The van der Waals surface area contributed by atoms with Gasteiger partial charge in [-0.1, -0.05) is 25.7 Å². The Kier molecular flexibility index (Phi) is 7.05. The Morgan fingerprint density at radius 2 is 1.75 bits per heavy atom. The van der Waals surface area contributed by atoms with E-state index in [1.807, 2.05) is 0 Å². The number of nitrogens with one attached hydrogen (secondary N) is 2. The smallest absolute Gasteiger partial charge is 0.251 e. The van der Waals surface area contributed by atoms with E-state index in [9.17, 15) is 13.2 Å². The van der Waals surface area contributed by atoms with Crippen LogP contribution in [-0.4, -0.2) is 39.8 Å². The quantitative estimate of drug-likeness (QED) is 0.734. The van der Waals surface area contributed by atoms with Crippen LogP contribution < -0.4 is 14.8 Å². The van der Waals surface area contributed by atoms with Gasteiger partial charge in [0.2, 0.25) is 10.0 Å². The molecule has 0 aromatic heterocycles. The van der Waals surface area contributed by atoms with Crippen molar-refractivity contribution in [3.8, 4) is 5.75 Å². The van der Waals surface area contributed by atoms with Gasteiger partial charge in [0, 0.05) is 18.2 Å². The Bertz CT molecular complexity index is 620. The van der Waals surface area contributed by atoms with Crippen LogP contribution in [0, 0.1) is 0 Å². The van der Waals surface area contributed by atoms with Crippen LogP contribution in [0.2, 0.25) is 0 Å². The molecule has 1 saturated carbocycles. The molecule has 0 saturated heterocycles. The van der Waals surface area contributed by atoms with Gasteiger partial charge in [0.25, 0.3) is 5.91 Å². The normalized spacial score (nSPS) is 16.4. The Hall–Kier alpha value is -1.60. The molecular formula is C17H26N2O4S. The summed E-state index contributed by atoms with van der Waals surface area (Å²) < 4.78 is 32.1. The van der Waals surface area contributed by atoms with E-state index in [0.717, 1.165) is 25.7 Å². The van der Waals surface area contributed by atoms with Crippen LogP contribution in [0.25, 0.3) is 0 Å². The van der Waals surface area contributed by atoms with Gasteiger partial charge in [0.05, 0.1) is 12.9 Å². The van der Waals surface area contributed by atoms with Gasteiger partial charge >= 0.3 is 0 Å². The van der Waals surface area contributed by atoms with Gasteiger partial charge in [-0.15, -0.1) is 0 Å². The molecule has 2 N–H and O–H groups in total. The maximum absolute atomic E-state index is 12.1. The highest BCUT2D eigenvalue weighted by atomic mass is 32.2. The zero-order chi connectivity index (χ0) is 17.4. The molecule has 0 atom stereocenters. The summed E-state index contributed by atoms with van der Waals surface area (Å²) in [7, 11) is -1.81. The third-order valence-corrected chi connectivity index (χ3v) is 5.64. The van der Waals surface area contributed by atoms with Gasteiger partial charge in [0.1, 0.15) is 5.75 Å². The minimum absolute atomic E-state index is 0.0368. The van der Waals surface area contributed by atoms with Crippen molar-refractivity contribution >= 4 is 15.9 Å². The summed E-state index contributed by atoms with van der Waals surface area (Å²) in [4.78, 5) is 12.0. The summed E-state index contributed by atoms with van der Waals surface area (Å²) in [6.45, 7) is 0.0902. The van der Waals surface area contributed by atoms with Crippen molar-refractivity contribution in [2.75, 3.05) is 19.4 Å². The minimum Gasteiger partial charge on any atom is -0.497 e. The van der Waals surface area contributed by atoms with E-state index in [4.69, 9.17) is 4.74 Å². The average molecular weight is 354 g/mol. The molecule has 24 heavy (non-hydrogen) atoms. The fourth-order valence-corrected chi connectivity index (χ4v) is 4.09. The van der Waals surface area contributed by atoms with Gasteiger partial charge in [-0.2, -0.15) is 0 Å². The van der Waals surface area contributed by atoms with Crippen LogP contribution in [0.5, 0.6) is 5.75 Å². The number of carbonyl (C=O) groups excluding carboxylic acids is 1. The van der Waals surface area contributed by atoms with Crippen LogP contribution >= 0.6 is 0 Å². The van der Waals surface area contributed by atoms with Crippen molar-refractivity contribution in [3.63, 3.8) is 0 Å². The molecule has 0 spiro atoms. The van der Waals surface area contributed by atoms with Crippen LogP contribution in [-0.2, 0) is 10.0 Å². The van der Waals surface area contributed by atoms with Crippen molar-refractivity contribution < 1.29 is 17.9 Å². The van der Waals surface area contributed by atoms with Crippen LogP contribution in [0.15, 0.2) is 24.3 Å². The monoisotopic (exact) mass is 354 g/mol. The van der Waals surface area contributed by atoms with E-state index in [1.165, 1.54) is 12.8 Å². The number of hydrogen-bond donors (Lipinski definition) is 2. The summed E-state index contributed by atoms with van der Waals surface area (Å²) in [5, 5.41) is 2.64. The topological polar surface area (TPSA) is 84.5 Å². The second kappa shape index (κ2) is 9.03. The van der Waals surface area contributed by atoms with Gasteiger partial charge in [-0.05, 0) is 37.1 Å². The Morgan fingerprint density at radius 1 is 1.12 bits per heavy atom. The first kappa shape index (κ1) is 18.7. The number of methoxy groups -OCH3 is 1. The van der Waals surface area contributed by atoms with Gasteiger partial charge in [0.15, 0.2) is 0 Å². The first-order chi connectivity index (χ1) is 11.5. The zero-order valence-corrected chi connectivity index (χ0v) is 14.9. The first-order valence-electron chi connectivity index (χ1n) is 8.42. The lowest BCUT2D eigenvalue weighted by Gasteiger charge is -2.16. The number of carbonyl (C=O) groups is 1. The molecule has 1 amide bonds. The van der Waals surface area contributed by atoms with Crippen molar-refractivity contribution in [2.24, 2.45) is 0 Å². The second-order valence-corrected chi connectivity index (χ2v) is 7.98. The molecule has 134 valence electrons. The summed E-state index contributed by atoms with van der Waals surface area (Å²) in [6.07, 6.45) is 6.30. The van der Waals surface area contributed by atoms with E-state index in [-0.39, 0.29) is 24.2 Å². The molecule has 0 aliphatic heterocycles. The molecule has 1 aromatic carbocycles. The van der Waals surface area contributed by atoms with Crippen molar-refractivity contribution in [1.82, 2.24) is 10.0 Å². The molecule has 0 bridgehead atoms. The second-order valence-electron chi connectivity index (χ2n) is 6.11. The fourth-order valence-electron chi connectivity index (χ4n) is 2.85. The molecule has 0 radical (unpaired) electrons. The van der Waals surface area contributed by atoms with Gasteiger partial charge in [-0.3, -0.25) is 4.79 Å². The van der Waals surface area contributed by atoms with Gasteiger partial charge < -0.3 is 10.1 Å². The van der Waals surface area contributed by atoms with E-state index in [1.54, 1.807) is 31.4 Å². The average Bonchev–Trinajstić information content (AvgIpc) is 2.82. The molecule has 7 heteroatoms. The lowest BCUT2D eigenvalue weighted by Crippen LogP contribution is -2.39. The third kappa shape index (κ3) is 6.13. The number of ether oxygens (including phenoxy) is 1. The Balaban J connectivity index is 1.77. The van der Waals surface area contributed by atoms with Crippen molar-refractivity contribution in [3.05, 3.63) is 29.8 Å². The molecule has 1 fully saturated rings. The summed E-state index contributed by atoms with van der Waals surface area (Å²) in [5.74, 6) is 0.273. The van der Waals surface area contributed by atoms with E-state index in [2.05, 4.69) is 10.0 Å². The molecule has 1 aliphatic rings. The predicted molar refractivity (Wildman–Crippen MR) is 93.7 cm³/mol. The maximum atomic E-state index is 12.1. The molecule has 0 heterocycles. The standard InChI is InChI=1S/C17H26N2O4S/c1-23-16-10-8-14(9-11-16)17(20)18-12-13-24(21,22)19-15-6-4-2-3-5-7-15/h8-11,15,19H,2-7,12-13H2,1H3,(H,18,20). The summed E-state index contributed by atoms with van der Waals surface area (Å²) in [5.41, 5.74) is 0.477. The highest BCUT2D eigenvalue weighted by molar-refractivity contribution is 7.89. The molecule has 2 rings (SSSR count). The van der Waals surface area contributed by atoms with Crippen molar-refractivity contribution in [1.29, 1.82) is 0 Å². The highest BCUT2D eigenvalue weighted by Crippen LogP contribution is 2.17. The molecule has 0 unspecified atom stereocenters. The Labute approximate surface area is 144 Å². The lowest BCUT2D eigenvalue weighted by molar-refractivity contribution is 0.0956. The minimum atomic E-state index is -3.37. The maximum Gasteiger partial charge on any atom is 0.251 e. The number of rotatable bonds is 7. The fraction of sp³-hybridized carbons (Fsp3) is 0.588. The number of benzene rings is 1. The number of amides is 1. The predicted octanol–water partition coefficient (Wildman–Crippen LogP) is 2.07. The largest absolute Gasteiger partial charge is 0.497 e. The lowest BCUT2D eigenvalue weighted by atomic mass is 10.1. The molecular weight excluding hydrogens is 328 g/mol. The van der Waals surface area contributed by atoms with Crippen LogP contribution in [0.1, 0.15) is 48.9 Å².